The maximum absolute atomic E-state index is 13.0. The SMILES string of the molecule is CC/C=C\C/C=C\C/C=C\C/C=C\C/C=C\CCCCCCCC(=O)OC(COC(=O)CCCCCCCCCCCCCCCCC)COC(=O)CCCCCCCCCCCCCCCCCCCCCCCCCCCCCCC. The molecule has 1 unspecified atom stereocenters. The summed E-state index contributed by atoms with van der Waals surface area (Å²) in [6.07, 6.45) is 92.6. The van der Waals surface area contributed by atoms with Crippen LogP contribution in [0.5, 0.6) is 0 Å². The monoisotopic (exact) mass is 1160 g/mol. The number of hydrogen-bond acceptors (Lipinski definition) is 6. The minimum absolute atomic E-state index is 0.0772. The van der Waals surface area contributed by atoms with E-state index in [0.29, 0.717) is 19.3 Å². The summed E-state index contributed by atoms with van der Waals surface area (Å²) in [5, 5.41) is 0. The number of hydrogen-bond donors (Lipinski definition) is 0. The summed E-state index contributed by atoms with van der Waals surface area (Å²) in [6.45, 7) is 6.58. The van der Waals surface area contributed by atoms with E-state index in [0.717, 1.165) is 109 Å². The molecule has 0 aliphatic heterocycles. The quantitative estimate of drug-likeness (QED) is 0.0261. The molecule has 0 fully saturated rings. The minimum Gasteiger partial charge on any atom is -0.462 e. The lowest BCUT2D eigenvalue weighted by molar-refractivity contribution is -0.167. The molecule has 0 aliphatic rings. The van der Waals surface area contributed by atoms with E-state index in [1.165, 1.54) is 244 Å². The van der Waals surface area contributed by atoms with Gasteiger partial charge in [-0.3, -0.25) is 14.4 Å². The highest BCUT2D eigenvalue weighted by Crippen LogP contribution is 2.19. The largest absolute Gasteiger partial charge is 0.462 e. The molecule has 0 saturated carbocycles. The molecule has 0 radical (unpaired) electrons. The van der Waals surface area contributed by atoms with Gasteiger partial charge in [-0.2, -0.15) is 0 Å². The summed E-state index contributed by atoms with van der Waals surface area (Å²) < 4.78 is 17.0. The summed E-state index contributed by atoms with van der Waals surface area (Å²) >= 11 is 0. The Morgan fingerprint density at radius 1 is 0.253 bits per heavy atom. The highest BCUT2D eigenvalue weighted by atomic mass is 16.6. The van der Waals surface area contributed by atoms with E-state index >= 15 is 0 Å². The molecule has 1 atom stereocenters. The van der Waals surface area contributed by atoms with Crippen LogP contribution in [0.3, 0.4) is 0 Å². The number of carbonyl (C=O) groups is 3. The predicted molar refractivity (Wildman–Crippen MR) is 362 cm³/mol. The molecule has 0 heterocycles. The van der Waals surface area contributed by atoms with E-state index in [9.17, 15) is 14.4 Å². The van der Waals surface area contributed by atoms with Crippen LogP contribution in [0.4, 0.5) is 0 Å². The Kier molecular flexibility index (Phi) is 69.1. The summed E-state index contributed by atoms with van der Waals surface area (Å²) in [5.41, 5.74) is 0. The second kappa shape index (κ2) is 71.6. The fourth-order valence-electron chi connectivity index (χ4n) is 11.1. The molecule has 6 nitrogen and oxygen atoms in total. The van der Waals surface area contributed by atoms with Gasteiger partial charge in [-0.15, -0.1) is 0 Å². The molecule has 0 aromatic carbocycles. The van der Waals surface area contributed by atoms with Gasteiger partial charge < -0.3 is 14.2 Å². The first-order valence-electron chi connectivity index (χ1n) is 36.8. The third kappa shape index (κ3) is 69.8. The van der Waals surface area contributed by atoms with Gasteiger partial charge in [0.1, 0.15) is 13.2 Å². The lowest BCUT2D eigenvalue weighted by Crippen LogP contribution is -2.30. The second-order valence-electron chi connectivity index (χ2n) is 24.8. The minimum atomic E-state index is -0.784. The van der Waals surface area contributed by atoms with Crippen molar-refractivity contribution in [1.29, 1.82) is 0 Å². The van der Waals surface area contributed by atoms with E-state index in [1.807, 2.05) is 0 Å². The van der Waals surface area contributed by atoms with Crippen molar-refractivity contribution in [2.45, 2.75) is 399 Å². The fourth-order valence-corrected chi connectivity index (χ4v) is 11.1. The zero-order chi connectivity index (χ0) is 59.9. The Balaban J connectivity index is 4.25. The number of unbranched alkanes of at least 4 members (excludes halogenated alkanes) is 47. The van der Waals surface area contributed by atoms with Gasteiger partial charge in [0.2, 0.25) is 0 Å². The van der Waals surface area contributed by atoms with Crippen LogP contribution in [0, 0.1) is 0 Å². The van der Waals surface area contributed by atoms with Crippen molar-refractivity contribution in [3.05, 3.63) is 60.8 Å². The van der Waals surface area contributed by atoms with E-state index in [2.05, 4.69) is 81.5 Å². The standard InChI is InChI=1S/C77H140O6/c1-4-7-10-13-16-19-22-25-28-30-32-34-35-36-37-38-39-40-41-43-44-46-49-52-55-58-61-64-67-70-76(79)82-73-74(72-81-75(78)69-66-63-60-57-54-51-48-27-24-21-18-15-12-9-6-3)83-77(80)71-68-65-62-59-56-53-50-47-45-42-33-31-29-26-23-20-17-14-11-8-5-2/h8,11,17,20,26,29,33,42,47,50,74H,4-7,9-10,12-16,18-19,21-25,27-28,30-32,34-41,43-46,48-49,51-73H2,1-3H3/b11-8-,20-17-,29-26-,42-33-,50-47-. The van der Waals surface area contributed by atoms with Crippen LogP contribution in [-0.4, -0.2) is 37.2 Å². The zero-order valence-electron chi connectivity index (χ0n) is 55.7. The topological polar surface area (TPSA) is 78.9 Å². The lowest BCUT2D eigenvalue weighted by atomic mass is 10.0. The fraction of sp³-hybridized carbons (Fsp3) is 0.831. The molecule has 0 bridgehead atoms. The number of allylic oxidation sites excluding steroid dienone is 10. The van der Waals surface area contributed by atoms with Gasteiger partial charge in [-0.1, -0.05) is 370 Å². The molecule has 0 amide bonds. The van der Waals surface area contributed by atoms with Crippen LogP contribution in [0.2, 0.25) is 0 Å². The second-order valence-corrected chi connectivity index (χ2v) is 24.8. The first-order chi connectivity index (χ1) is 41.0. The average molecular weight is 1160 g/mol. The van der Waals surface area contributed by atoms with E-state index < -0.39 is 6.10 Å². The van der Waals surface area contributed by atoms with Crippen molar-refractivity contribution < 1.29 is 28.6 Å². The first kappa shape index (κ1) is 80.1. The van der Waals surface area contributed by atoms with Crippen molar-refractivity contribution in [2.75, 3.05) is 13.2 Å². The highest BCUT2D eigenvalue weighted by molar-refractivity contribution is 5.71. The molecule has 0 N–H and O–H groups in total. The van der Waals surface area contributed by atoms with Gasteiger partial charge >= 0.3 is 17.9 Å². The molecule has 0 aromatic heterocycles. The molecule has 0 aromatic rings. The number of esters is 3. The average Bonchev–Trinajstić information content (AvgIpc) is 3.49. The Morgan fingerprint density at radius 2 is 0.470 bits per heavy atom. The molecule has 6 heteroatoms. The van der Waals surface area contributed by atoms with Crippen molar-refractivity contribution in [2.24, 2.45) is 0 Å². The highest BCUT2D eigenvalue weighted by Gasteiger charge is 2.19. The van der Waals surface area contributed by atoms with Gasteiger partial charge in [-0.05, 0) is 64.2 Å². The van der Waals surface area contributed by atoms with Crippen molar-refractivity contribution in [3.8, 4) is 0 Å². The van der Waals surface area contributed by atoms with E-state index in [-0.39, 0.29) is 31.1 Å². The van der Waals surface area contributed by atoms with Crippen LogP contribution in [0.15, 0.2) is 60.8 Å². The normalized spacial score (nSPS) is 12.4. The Morgan fingerprint density at radius 3 is 0.735 bits per heavy atom. The van der Waals surface area contributed by atoms with Crippen LogP contribution >= 0.6 is 0 Å². The smallest absolute Gasteiger partial charge is 0.306 e. The Hall–Kier alpha value is -2.89. The van der Waals surface area contributed by atoms with Crippen LogP contribution in [-0.2, 0) is 28.6 Å². The van der Waals surface area contributed by atoms with Crippen LogP contribution in [0.1, 0.15) is 393 Å². The van der Waals surface area contributed by atoms with Crippen molar-refractivity contribution >= 4 is 17.9 Å². The van der Waals surface area contributed by atoms with Gasteiger partial charge in [0, 0.05) is 19.3 Å². The molecule has 0 spiro atoms. The Bertz CT molecular complexity index is 1470. The third-order valence-corrected chi connectivity index (χ3v) is 16.5. The van der Waals surface area contributed by atoms with Crippen molar-refractivity contribution in [1.82, 2.24) is 0 Å². The molecular weight excluding hydrogens is 1020 g/mol. The molecule has 484 valence electrons. The van der Waals surface area contributed by atoms with Gasteiger partial charge in [0.15, 0.2) is 6.10 Å². The Labute approximate surface area is 517 Å². The summed E-state index contributed by atoms with van der Waals surface area (Å²) in [5.74, 6) is -0.869. The summed E-state index contributed by atoms with van der Waals surface area (Å²) in [6, 6.07) is 0. The molecule has 0 rings (SSSR count). The summed E-state index contributed by atoms with van der Waals surface area (Å²) in [7, 11) is 0. The number of rotatable bonds is 68. The summed E-state index contributed by atoms with van der Waals surface area (Å²) in [4.78, 5) is 38.5. The first-order valence-corrected chi connectivity index (χ1v) is 36.8. The van der Waals surface area contributed by atoms with E-state index in [4.69, 9.17) is 14.2 Å². The van der Waals surface area contributed by atoms with Crippen LogP contribution in [0.25, 0.3) is 0 Å². The zero-order valence-corrected chi connectivity index (χ0v) is 55.7. The predicted octanol–water partition coefficient (Wildman–Crippen LogP) is 25.5. The lowest BCUT2D eigenvalue weighted by Gasteiger charge is -2.18. The third-order valence-electron chi connectivity index (χ3n) is 16.5. The van der Waals surface area contributed by atoms with Gasteiger partial charge in [-0.25, -0.2) is 0 Å². The molecule has 0 aliphatic carbocycles. The number of ether oxygens (including phenoxy) is 3. The molecule has 83 heavy (non-hydrogen) atoms. The molecular formula is C77H140O6. The molecule has 0 saturated heterocycles. The van der Waals surface area contributed by atoms with E-state index in [1.54, 1.807) is 0 Å². The maximum atomic E-state index is 13.0. The maximum Gasteiger partial charge on any atom is 0.306 e. The number of carbonyl (C=O) groups excluding carboxylic acids is 3. The van der Waals surface area contributed by atoms with Gasteiger partial charge in [0.25, 0.3) is 0 Å². The van der Waals surface area contributed by atoms with Gasteiger partial charge in [0.05, 0.1) is 0 Å². The van der Waals surface area contributed by atoms with Crippen LogP contribution < -0.4 is 0 Å². The van der Waals surface area contributed by atoms with Crippen molar-refractivity contribution in [3.63, 3.8) is 0 Å².